The number of carbonyl (C=O) groups is 2. The van der Waals surface area contributed by atoms with Crippen LogP contribution in [0.3, 0.4) is 0 Å². The van der Waals surface area contributed by atoms with Gasteiger partial charge in [0.2, 0.25) is 5.91 Å². The highest BCUT2D eigenvalue weighted by molar-refractivity contribution is 5.97. The van der Waals surface area contributed by atoms with Crippen molar-refractivity contribution in [2.75, 3.05) is 23.1 Å². The summed E-state index contributed by atoms with van der Waals surface area (Å²) >= 11 is 0. The summed E-state index contributed by atoms with van der Waals surface area (Å²) < 4.78 is 18.6. The van der Waals surface area contributed by atoms with Gasteiger partial charge in [-0.15, -0.1) is 0 Å². The molecule has 0 aliphatic carbocycles. The van der Waals surface area contributed by atoms with Gasteiger partial charge in [-0.2, -0.15) is 0 Å². The standard InChI is InChI=1S/C20H24FN3O3/c1-12-8-9-17(11-18(12)21)23-19(25)13(2)22-15-6-5-7-16(10-15)24-20(26)14(3)27-4/h5-11,13-14,22H,1-4H3,(H,23,25)(H,24,26). The highest BCUT2D eigenvalue weighted by Gasteiger charge is 2.15. The molecule has 27 heavy (non-hydrogen) atoms. The van der Waals surface area contributed by atoms with Crippen molar-refractivity contribution in [3.8, 4) is 0 Å². The topological polar surface area (TPSA) is 79.5 Å². The molecule has 0 aliphatic heterocycles. The smallest absolute Gasteiger partial charge is 0.253 e. The Balaban J connectivity index is 1.99. The minimum Gasteiger partial charge on any atom is -0.374 e. The monoisotopic (exact) mass is 373 g/mol. The highest BCUT2D eigenvalue weighted by atomic mass is 19.1. The summed E-state index contributed by atoms with van der Waals surface area (Å²) in [7, 11) is 1.46. The first-order valence-electron chi connectivity index (χ1n) is 8.57. The normalized spacial score (nSPS) is 12.8. The first-order chi connectivity index (χ1) is 12.8. The third-order valence-corrected chi connectivity index (χ3v) is 4.07. The van der Waals surface area contributed by atoms with E-state index in [1.165, 1.54) is 13.2 Å². The molecule has 2 unspecified atom stereocenters. The van der Waals surface area contributed by atoms with Crippen LogP contribution >= 0.6 is 0 Å². The first-order valence-corrected chi connectivity index (χ1v) is 8.57. The maximum Gasteiger partial charge on any atom is 0.253 e. The second kappa shape index (κ2) is 9.14. The summed E-state index contributed by atoms with van der Waals surface area (Å²) in [5.74, 6) is -0.940. The van der Waals surface area contributed by atoms with Crippen LogP contribution in [0.5, 0.6) is 0 Å². The minimum atomic E-state index is -0.571. The Labute approximate surface area is 158 Å². The Morgan fingerprint density at radius 3 is 2.26 bits per heavy atom. The van der Waals surface area contributed by atoms with E-state index in [4.69, 9.17) is 4.74 Å². The fraction of sp³-hybridized carbons (Fsp3) is 0.300. The lowest BCUT2D eigenvalue weighted by Crippen LogP contribution is -2.32. The molecule has 2 aromatic rings. The van der Waals surface area contributed by atoms with E-state index in [0.29, 0.717) is 22.6 Å². The molecule has 144 valence electrons. The number of carbonyl (C=O) groups excluding carboxylic acids is 2. The van der Waals surface area contributed by atoms with Crippen LogP contribution in [-0.4, -0.2) is 31.1 Å². The molecule has 6 nitrogen and oxygen atoms in total. The van der Waals surface area contributed by atoms with Crippen LogP contribution < -0.4 is 16.0 Å². The quantitative estimate of drug-likeness (QED) is 0.693. The number of ether oxygens (including phenoxy) is 1. The van der Waals surface area contributed by atoms with E-state index in [9.17, 15) is 14.0 Å². The summed E-state index contributed by atoms with van der Waals surface area (Å²) in [6.45, 7) is 5.00. The van der Waals surface area contributed by atoms with Crippen molar-refractivity contribution in [1.29, 1.82) is 0 Å². The molecule has 0 bridgehead atoms. The predicted octanol–water partition coefficient (Wildman–Crippen LogP) is 3.55. The van der Waals surface area contributed by atoms with Crippen molar-refractivity contribution in [1.82, 2.24) is 0 Å². The number of anilines is 3. The van der Waals surface area contributed by atoms with E-state index in [2.05, 4.69) is 16.0 Å². The van der Waals surface area contributed by atoms with Crippen molar-refractivity contribution < 1.29 is 18.7 Å². The van der Waals surface area contributed by atoms with Gasteiger partial charge in [0.25, 0.3) is 5.91 Å². The summed E-state index contributed by atoms with van der Waals surface area (Å²) in [6.07, 6.45) is -0.568. The van der Waals surface area contributed by atoms with E-state index < -0.39 is 12.1 Å². The summed E-state index contributed by atoms with van der Waals surface area (Å²) in [5.41, 5.74) is 2.16. The fourth-order valence-corrected chi connectivity index (χ4v) is 2.27. The Kier molecular flexibility index (Phi) is 6.90. The van der Waals surface area contributed by atoms with Crippen LogP contribution in [0.15, 0.2) is 42.5 Å². The van der Waals surface area contributed by atoms with Crippen LogP contribution in [0.2, 0.25) is 0 Å². The zero-order valence-corrected chi connectivity index (χ0v) is 15.8. The Bertz CT molecular complexity index is 826. The minimum absolute atomic E-state index is 0.262. The first kappa shape index (κ1) is 20.4. The maximum absolute atomic E-state index is 13.6. The molecule has 7 heteroatoms. The number of methoxy groups -OCH3 is 1. The van der Waals surface area contributed by atoms with Gasteiger partial charge in [0, 0.05) is 24.2 Å². The molecular weight excluding hydrogens is 349 g/mol. The molecule has 3 N–H and O–H groups in total. The van der Waals surface area contributed by atoms with Crippen LogP contribution in [-0.2, 0) is 14.3 Å². The van der Waals surface area contributed by atoms with Crippen molar-refractivity contribution in [3.05, 3.63) is 53.8 Å². The lowest BCUT2D eigenvalue weighted by atomic mass is 10.2. The Morgan fingerprint density at radius 1 is 0.963 bits per heavy atom. The molecule has 2 amide bonds. The second-order valence-electron chi connectivity index (χ2n) is 6.27. The van der Waals surface area contributed by atoms with Gasteiger partial charge in [-0.05, 0) is 56.7 Å². The van der Waals surface area contributed by atoms with Gasteiger partial charge < -0.3 is 20.7 Å². The number of nitrogens with one attached hydrogen (secondary N) is 3. The van der Waals surface area contributed by atoms with E-state index >= 15 is 0 Å². The van der Waals surface area contributed by atoms with E-state index in [1.807, 2.05) is 0 Å². The largest absolute Gasteiger partial charge is 0.374 e. The van der Waals surface area contributed by atoms with Gasteiger partial charge >= 0.3 is 0 Å². The van der Waals surface area contributed by atoms with Crippen molar-refractivity contribution in [2.24, 2.45) is 0 Å². The molecule has 0 saturated heterocycles. The molecular formula is C20H24FN3O3. The van der Waals surface area contributed by atoms with Crippen LogP contribution in [0.4, 0.5) is 21.5 Å². The van der Waals surface area contributed by atoms with E-state index in [1.54, 1.807) is 57.2 Å². The fourth-order valence-electron chi connectivity index (χ4n) is 2.27. The zero-order valence-electron chi connectivity index (χ0n) is 15.8. The van der Waals surface area contributed by atoms with Crippen molar-refractivity contribution in [2.45, 2.75) is 32.9 Å². The van der Waals surface area contributed by atoms with Crippen molar-refractivity contribution in [3.63, 3.8) is 0 Å². The SMILES string of the molecule is COC(C)C(=O)Nc1cccc(NC(C)C(=O)Nc2ccc(C)c(F)c2)c1. The molecule has 2 atom stereocenters. The lowest BCUT2D eigenvalue weighted by Gasteiger charge is -2.17. The zero-order chi connectivity index (χ0) is 20.0. The van der Waals surface area contributed by atoms with Crippen LogP contribution in [0.1, 0.15) is 19.4 Å². The van der Waals surface area contributed by atoms with Gasteiger partial charge in [-0.1, -0.05) is 12.1 Å². The van der Waals surface area contributed by atoms with Gasteiger partial charge in [0.1, 0.15) is 18.0 Å². The number of rotatable bonds is 7. The molecule has 0 saturated carbocycles. The number of amides is 2. The molecule has 0 spiro atoms. The number of hydrogen-bond acceptors (Lipinski definition) is 4. The number of aryl methyl sites for hydroxylation is 1. The Morgan fingerprint density at radius 2 is 1.59 bits per heavy atom. The van der Waals surface area contributed by atoms with Gasteiger partial charge in [-0.3, -0.25) is 9.59 Å². The summed E-state index contributed by atoms with van der Waals surface area (Å²) in [4.78, 5) is 24.2. The summed E-state index contributed by atoms with van der Waals surface area (Å²) in [6, 6.07) is 11.0. The summed E-state index contributed by atoms with van der Waals surface area (Å²) in [5, 5.41) is 8.47. The predicted molar refractivity (Wildman–Crippen MR) is 104 cm³/mol. The third-order valence-electron chi connectivity index (χ3n) is 4.07. The van der Waals surface area contributed by atoms with Gasteiger partial charge in [0.05, 0.1) is 0 Å². The average Bonchev–Trinajstić information content (AvgIpc) is 2.64. The van der Waals surface area contributed by atoms with Gasteiger partial charge in [0.15, 0.2) is 0 Å². The van der Waals surface area contributed by atoms with E-state index in [0.717, 1.165) is 0 Å². The van der Waals surface area contributed by atoms with Crippen molar-refractivity contribution >= 4 is 28.9 Å². The number of benzene rings is 2. The number of hydrogen-bond donors (Lipinski definition) is 3. The molecule has 0 aromatic heterocycles. The van der Waals surface area contributed by atoms with Crippen LogP contribution in [0, 0.1) is 12.7 Å². The second-order valence-corrected chi connectivity index (χ2v) is 6.27. The maximum atomic E-state index is 13.6. The van der Waals surface area contributed by atoms with Gasteiger partial charge in [-0.25, -0.2) is 4.39 Å². The van der Waals surface area contributed by atoms with E-state index in [-0.39, 0.29) is 17.6 Å². The Hall–Kier alpha value is -2.93. The number of halogens is 1. The third kappa shape index (κ3) is 5.79. The lowest BCUT2D eigenvalue weighted by molar-refractivity contribution is -0.124. The molecule has 2 aromatic carbocycles. The average molecular weight is 373 g/mol. The van der Waals surface area contributed by atoms with Crippen LogP contribution in [0.25, 0.3) is 0 Å². The highest BCUT2D eigenvalue weighted by Crippen LogP contribution is 2.18. The molecule has 2 rings (SSSR count). The molecule has 0 radical (unpaired) electrons. The molecule has 0 aliphatic rings. The molecule has 0 fully saturated rings. The molecule has 0 heterocycles.